The molecule has 2 atom stereocenters. The number of sulfonamides is 1. The number of benzene rings is 1. The molecular formula is C12H19N3O3S. The van der Waals surface area contributed by atoms with Crippen LogP contribution in [0.2, 0.25) is 0 Å². The summed E-state index contributed by atoms with van der Waals surface area (Å²) in [6, 6.07) is 4.80. The van der Waals surface area contributed by atoms with E-state index in [4.69, 9.17) is 10.9 Å². The van der Waals surface area contributed by atoms with Gasteiger partial charge in [0.05, 0.1) is 17.5 Å². The highest BCUT2D eigenvalue weighted by Gasteiger charge is 2.28. The van der Waals surface area contributed by atoms with Crippen molar-refractivity contribution in [2.24, 2.45) is 11.1 Å². The van der Waals surface area contributed by atoms with Gasteiger partial charge < -0.3 is 15.7 Å². The van der Waals surface area contributed by atoms with Crippen molar-refractivity contribution in [1.29, 1.82) is 0 Å². The highest BCUT2D eigenvalue weighted by Crippen LogP contribution is 2.33. The largest absolute Gasteiger partial charge is 0.396 e. The number of nitrogens with zero attached hydrogens (tertiary/aromatic N) is 1. The van der Waals surface area contributed by atoms with E-state index in [1.807, 2.05) is 4.90 Å². The molecule has 0 bridgehead atoms. The normalized spacial score (nSPS) is 21.6. The van der Waals surface area contributed by atoms with Gasteiger partial charge in [0.15, 0.2) is 0 Å². The molecule has 1 aliphatic heterocycles. The number of anilines is 2. The Hall–Kier alpha value is -1.31. The van der Waals surface area contributed by atoms with Crippen molar-refractivity contribution < 1.29 is 13.5 Å². The lowest BCUT2D eigenvalue weighted by atomic mass is 10.0. The Morgan fingerprint density at radius 1 is 1.47 bits per heavy atom. The summed E-state index contributed by atoms with van der Waals surface area (Å²) in [5.41, 5.74) is 6.75. The number of rotatable bonds is 3. The van der Waals surface area contributed by atoms with Crippen molar-refractivity contribution in [1.82, 2.24) is 0 Å². The molecule has 1 heterocycles. The Morgan fingerprint density at radius 3 is 2.68 bits per heavy atom. The minimum Gasteiger partial charge on any atom is -0.396 e. The lowest BCUT2D eigenvalue weighted by Gasteiger charge is -2.22. The minimum absolute atomic E-state index is 0.0505. The predicted molar refractivity (Wildman–Crippen MR) is 74.2 cm³/mol. The van der Waals surface area contributed by atoms with Crippen LogP contribution in [0.25, 0.3) is 0 Å². The van der Waals surface area contributed by atoms with E-state index >= 15 is 0 Å². The van der Waals surface area contributed by atoms with Crippen LogP contribution in [0.5, 0.6) is 0 Å². The summed E-state index contributed by atoms with van der Waals surface area (Å²) in [6.07, 6.45) is 0.476. The molecule has 7 heteroatoms. The van der Waals surface area contributed by atoms with Gasteiger partial charge in [-0.05, 0) is 25.5 Å². The third-order valence-electron chi connectivity index (χ3n) is 3.60. The molecule has 1 aromatic carbocycles. The van der Waals surface area contributed by atoms with E-state index in [0.717, 1.165) is 13.0 Å². The van der Waals surface area contributed by atoms with E-state index in [1.54, 1.807) is 19.1 Å². The number of aliphatic hydroxyl groups excluding tert-OH is 1. The van der Waals surface area contributed by atoms with E-state index in [-0.39, 0.29) is 22.6 Å². The lowest BCUT2D eigenvalue weighted by molar-refractivity contribution is 0.136. The van der Waals surface area contributed by atoms with Crippen LogP contribution in [0.4, 0.5) is 11.4 Å². The van der Waals surface area contributed by atoms with Crippen molar-refractivity contribution in [3.63, 3.8) is 0 Å². The molecular weight excluding hydrogens is 266 g/mol. The molecule has 1 aromatic rings. The van der Waals surface area contributed by atoms with Gasteiger partial charge in [0.2, 0.25) is 10.0 Å². The number of aliphatic hydroxyl groups is 1. The Labute approximate surface area is 113 Å². The van der Waals surface area contributed by atoms with Crippen molar-refractivity contribution in [3.8, 4) is 0 Å². The molecule has 1 fully saturated rings. The molecule has 0 amide bonds. The van der Waals surface area contributed by atoms with E-state index in [9.17, 15) is 13.5 Å². The van der Waals surface area contributed by atoms with Gasteiger partial charge in [0.1, 0.15) is 4.90 Å². The minimum atomic E-state index is -3.82. The number of nitrogens with two attached hydrogens (primary N) is 2. The Kier molecular flexibility index (Phi) is 3.71. The molecule has 0 aliphatic carbocycles. The zero-order valence-corrected chi connectivity index (χ0v) is 11.6. The molecule has 5 N–H and O–H groups in total. The molecule has 19 heavy (non-hydrogen) atoms. The zero-order chi connectivity index (χ0) is 14.2. The van der Waals surface area contributed by atoms with Crippen LogP contribution in [0.3, 0.4) is 0 Å². The fourth-order valence-electron chi connectivity index (χ4n) is 2.46. The molecule has 2 rings (SSSR count). The van der Waals surface area contributed by atoms with Gasteiger partial charge in [-0.25, -0.2) is 13.6 Å². The van der Waals surface area contributed by atoms with E-state index in [0.29, 0.717) is 12.2 Å². The molecule has 1 saturated heterocycles. The van der Waals surface area contributed by atoms with Gasteiger partial charge in [-0.15, -0.1) is 0 Å². The van der Waals surface area contributed by atoms with Gasteiger partial charge in [-0.2, -0.15) is 0 Å². The molecule has 0 aromatic heterocycles. The maximum Gasteiger partial charge on any atom is 0.240 e. The second-order valence-electron chi connectivity index (χ2n) is 4.97. The number of hydrogen-bond acceptors (Lipinski definition) is 5. The maximum atomic E-state index is 11.4. The SMILES string of the molecule is CC(O)C1CCN(c2cccc(S(N)(=O)=O)c2N)C1. The van der Waals surface area contributed by atoms with Crippen LogP contribution in [0.1, 0.15) is 13.3 Å². The Balaban J connectivity index is 2.33. The van der Waals surface area contributed by atoms with Crippen LogP contribution in [0, 0.1) is 5.92 Å². The maximum absolute atomic E-state index is 11.4. The first-order chi connectivity index (χ1) is 8.80. The number of hydrogen-bond donors (Lipinski definition) is 3. The van der Waals surface area contributed by atoms with Gasteiger partial charge in [0, 0.05) is 19.0 Å². The molecule has 0 radical (unpaired) electrons. The van der Waals surface area contributed by atoms with Crippen molar-refractivity contribution >= 4 is 21.4 Å². The van der Waals surface area contributed by atoms with Crippen molar-refractivity contribution in [2.75, 3.05) is 23.7 Å². The Morgan fingerprint density at radius 2 is 2.16 bits per heavy atom. The predicted octanol–water partition coefficient (Wildman–Crippen LogP) is 0.123. The van der Waals surface area contributed by atoms with Crippen LogP contribution in [-0.2, 0) is 10.0 Å². The summed E-state index contributed by atoms with van der Waals surface area (Å²) in [5, 5.41) is 14.7. The summed E-state index contributed by atoms with van der Waals surface area (Å²) in [5.74, 6) is 0.178. The zero-order valence-electron chi connectivity index (χ0n) is 10.8. The summed E-state index contributed by atoms with van der Waals surface area (Å²) >= 11 is 0. The summed E-state index contributed by atoms with van der Waals surface area (Å²) < 4.78 is 22.9. The van der Waals surface area contributed by atoms with Crippen LogP contribution >= 0.6 is 0 Å². The Bertz CT molecular complexity index is 572. The summed E-state index contributed by atoms with van der Waals surface area (Å²) in [7, 11) is -3.82. The molecule has 1 aliphatic rings. The number of primary sulfonamides is 1. The van der Waals surface area contributed by atoms with Crippen molar-refractivity contribution in [2.45, 2.75) is 24.3 Å². The lowest BCUT2D eigenvalue weighted by Crippen LogP contribution is -2.25. The highest BCUT2D eigenvalue weighted by molar-refractivity contribution is 7.89. The first-order valence-corrected chi connectivity index (χ1v) is 7.69. The average Bonchev–Trinajstić information content (AvgIpc) is 2.77. The topological polar surface area (TPSA) is 110 Å². The van der Waals surface area contributed by atoms with Crippen molar-refractivity contribution in [3.05, 3.63) is 18.2 Å². The second-order valence-corrected chi connectivity index (χ2v) is 6.50. The first-order valence-electron chi connectivity index (χ1n) is 6.15. The van der Waals surface area contributed by atoms with E-state index < -0.39 is 10.0 Å². The van der Waals surface area contributed by atoms with Gasteiger partial charge in [-0.1, -0.05) is 6.07 Å². The standard InChI is InChI=1S/C12H19N3O3S/c1-8(16)9-5-6-15(7-9)10-3-2-4-11(12(10)13)19(14,17)18/h2-4,8-9,16H,5-7,13H2,1H3,(H2,14,17,18). The van der Waals surface area contributed by atoms with Crippen LogP contribution in [0.15, 0.2) is 23.1 Å². The third-order valence-corrected chi connectivity index (χ3v) is 4.57. The van der Waals surface area contributed by atoms with E-state index in [1.165, 1.54) is 6.07 Å². The smallest absolute Gasteiger partial charge is 0.240 e. The number of para-hydroxylation sites is 1. The fraction of sp³-hybridized carbons (Fsp3) is 0.500. The first kappa shape index (κ1) is 14.1. The summed E-state index contributed by atoms with van der Waals surface area (Å²) in [6.45, 7) is 3.17. The third kappa shape index (κ3) is 2.83. The summed E-state index contributed by atoms with van der Waals surface area (Å²) in [4.78, 5) is 1.94. The van der Waals surface area contributed by atoms with Gasteiger partial charge in [0.25, 0.3) is 0 Å². The number of nitrogen functional groups attached to an aromatic ring is 1. The highest BCUT2D eigenvalue weighted by atomic mass is 32.2. The molecule has 106 valence electrons. The molecule has 0 spiro atoms. The molecule has 0 saturated carbocycles. The van der Waals surface area contributed by atoms with Gasteiger partial charge >= 0.3 is 0 Å². The quantitative estimate of drug-likeness (QED) is 0.683. The molecule has 6 nitrogen and oxygen atoms in total. The van der Waals surface area contributed by atoms with Crippen LogP contribution in [-0.4, -0.2) is 32.7 Å². The van der Waals surface area contributed by atoms with E-state index in [2.05, 4.69) is 0 Å². The monoisotopic (exact) mass is 285 g/mol. The average molecular weight is 285 g/mol. The fourth-order valence-corrected chi connectivity index (χ4v) is 3.14. The molecule has 2 unspecified atom stereocenters. The van der Waals surface area contributed by atoms with Gasteiger partial charge in [-0.3, -0.25) is 0 Å². The second kappa shape index (κ2) is 4.99. The van der Waals surface area contributed by atoms with Crippen LogP contribution < -0.4 is 15.8 Å².